The molecule has 1 atom stereocenters. The molecule has 0 spiro atoms. The second kappa shape index (κ2) is 6.38. The van der Waals surface area contributed by atoms with Gasteiger partial charge in [-0.05, 0) is 19.1 Å². The van der Waals surface area contributed by atoms with E-state index >= 15 is 0 Å². The minimum atomic E-state index is -0.703. The molecule has 1 aliphatic rings. The van der Waals surface area contributed by atoms with Gasteiger partial charge in [-0.1, -0.05) is 12.1 Å². The van der Waals surface area contributed by atoms with Crippen LogP contribution in [0.15, 0.2) is 24.3 Å². The summed E-state index contributed by atoms with van der Waals surface area (Å²) < 4.78 is 5.23. The average molecular weight is 277 g/mol. The Labute approximate surface area is 117 Å². The molecule has 1 heterocycles. The van der Waals surface area contributed by atoms with Crippen LogP contribution < -0.4 is 11.1 Å². The zero-order chi connectivity index (χ0) is 14.5. The van der Waals surface area contributed by atoms with Gasteiger partial charge in [0.2, 0.25) is 5.91 Å². The number of hydrogen-bond donors (Lipinski definition) is 2. The van der Waals surface area contributed by atoms with Crippen molar-refractivity contribution < 1.29 is 14.3 Å². The van der Waals surface area contributed by atoms with E-state index in [-0.39, 0.29) is 12.5 Å². The van der Waals surface area contributed by atoms with Gasteiger partial charge in [-0.15, -0.1) is 0 Å². The lowest BCUT2D eigenvalue weighted by atomic mass is 10.1. The van der Waals surface area contributed by atoms with E-state index in [0.29, 0.717) is 25.3 Å². The van der Waals surface area contributed by atoms with Crippen LogP contribution in [0.3, 0.4) is 0 Å². The number of carbonyl (C=O) groups is 2. The van der Waals surface area contributed by atoms with Crippen LogP contribution >= 0.6 is 0 Å². The van der Waals surface area contributed by atoms with Gasteiger partial charge in [0, 0.05) is 18.8 Å². The molecule has 0 aliphatic carbocycles. The molecule has 2 amide bonds. The monoisotopic (exact) mass is 277 g/mol. The number of nitrogens with one attached hydrogen (secondary N) is 1. The number of hydrogen-bond acceptors (Lipinski definition) is 4. The fraction of sp³-hybridized carbons (Fsp3) is 0.429. The molecule has 0 aromatic heterocycles. The molecule has 1 fully saturated rings. The fourth-order valence-electron chi connectivity index (χ4n) is 2.25. The summed E-state index contributed by atoms with van der Waals surface area (Å²) in [6.07, 6.45) is 0. The van der Waals surface area contributed by atoms with Crippen molar-refractivity contribution in [1.29, 1.82) is 0 Å². The van der Waals surface area contributed by atoms with Crippen molar-refractivity contribution in [3.05, 3.63) is 29.8 Å². The van der Waals surface area contributed by atoms with Crippen LogP contribution in [0.5, 0.6) is 0 Å². The lowest BCUT2D eigenvalue weighted by molar-refractivity contribution is -0.127. The summed E-state index contributed by atoms with van der Waals surface area (Å²) in [5.74, 6) is -0.743. The summed E-state index contributed by atoms with van der Waals surface area (Å²) in [6.45, 7) is 3.62. The van der Waals surface area contributed by atoms with Gasteiger partial charge < -0.3 is 20.7 Å². The molecule has 1 unspecified atom stereocenters. The number of primary amides is 1. The number of amides is 2. The number of rotatable bonds is 4. The smallest absolute Gasteiger partial charge is 0.256 e. The highest BCUT2D eigenvalue weighted by atomic mass is 16.5. The normalized spacial score (nSPS) is 18.6. The van der Waals surface area contributed by atoms with Gasteiger partial charge in [-0.2, -0.15) is 0 Å². The number of ether oxygens (including phenoxy) is 1. The van der Waals surface area contributed by atoms with Crippen molar-refractivity contribution in [3.8, 4) is 0 Å². The van der Waals surface area contributed by atoms with Gasteiger partial charge in [0.1, 0.15) is 6.04 Å². The number of nitrogens with two attached hydrogens (primary N) is 1. The molecule has 1 aromatic rings. The Kier molecular flexibility index (Phi) is 4.57. The number of benzene rings is 1. The Balaban J connectivity index is 2.27. The Morgan fingerprint density at radius 1 is 1.45 bits per heavy atom. The topological polar surface area (TPSA) is 84.7 Å². The first-order valence-corrected chi connectivity index (χ1v) is 6.66. The third kappa shape index (κ3) is 2.91. The first-order valence-electron chi connectivity index (χ1n) is 6.66. The van der Waals surface area contributed by atoms with E-state index in [2.05, 4.69) is 5.32 Å². The number of carbonyl (C=O) groups excluding carboxylic acids is 2. The Bertz CT molecular complexity index is 504. The SMILES string of the molecule is CCNc1ccccc1C(=O)N1CCOCC1C(N)=O. The van der Waals surface area contributed by atoms with Crippen LogP contribution in [0.1, 0.15) is 17.3 Å². The van der Waals surface area contributed by atoms with Crippen molar-refractivity contribution in [2.45, 2.75) is 13.0 Å². The number of para-hydroxylation sites is 1. The number of anilines is 1. The third-order valence-corrected chi connectivity index (χ3v) is 3.24. The zero-order valence-corrected chi connectivity index (χ0v) is 11.5. The van der Waals surface area contributed by atoms with Crippen LogP contribution in [0.2, 0.25) is 0 Å². The summed E-state index contributed by atoms with van der Waals surface area (Å²) in [4.78, 5) is 25.6. The zero-order valence-electron chi connectivity index (χ0n) is 11.5. The van der Waals surface area contributed by atoms with E-state index in [1.165, 1.54) is 4.90 Å². The molecule has 6 heteroatoms. The Hall–Kier alpha value is -2.08. The van der Waals surface area contributed by atoms with E-state index in [0.717, 1.165) is 5.69 Å². The molecule has 0 bridgehead atoms. The molecular weight excluding hydrogens is 258 g/mol. The molecule has 1 aromatic carbocycles. The number of morpholine rings is 1. The van der Waals surface area contributed by atoms with Gasteiger partial charge in [0.05, 0.1) is 18.8 Å². The molecule has 2 rings (SSSR count). The summed E-state index contributed by atoms with van der Waals surface area (Å²) in [5.41, 5.74) is 6.64. The largest absolute Gasteiger partial charge is 0.385 e. The third-order valence-electron chi connectivity index (χ3n) is 3.24. The maximum Gasteiger partial charge on any atom is 0.256 e. The van der Waals surface area contributed by atoms with Crippen molar-refractivity contribution in [3.63, 3.8) is 0 Å². The highest BCUT2D eigenvalue weighted by molar-refractivity contribution is 6.01. The molecule has 3 N–H and O–H groups in total. The van der Waals surface area contributed by atoms with E-state index in [1.54, 1.807) is 12.1 Å². The average Bonchev–Trinajstić information content (AvgIpc) is 2.47. The molecule has 108 valence electrons. The highest BCUT2D eigenvalue weighted by Gasteiger charge is 2.32. The van der Waals surface area contributed by atoms with Gasteiger partial charge in [0.15, 0.2) is 0 Å². The van der Waals surface area contributed by atoms with Gasteiger partial charge >= 0.3 is 0 Å². The van der Waals surface area contributed by atoms with Crippen LogP contribution in [0.25, 0.3) is 0 Å². The minimum Gasteiger partial charge on any atom is -0.385 e. The van der Waals surface area contributed by atoms with E-state index in [1.807, 2.05) is 19.1 Å². The Morgan fingerprint density at radius 3 is 2.90 bits per heavy atom. The summed E-state index contributed by atoms with van der Waals surface area (Å²) in [6, 6.07) is 6.54. The lowest BCUT2D eigenvalue weighted by Gasteiger charge is -2.34. The molecule has 1 aliphatic heterocycles. The quantitative estimate of drug-likeness (QED) is 0.836. The molecule has 1 saturated heterocycles. The van der Waals surface area contributed by atoms with Crippen molar-refractivity contribution in [2.75, 3.05) is 31.6 Å². The summed E-state index contributed by atoms with van der Waals surface area (Å²) >= 11 is 0. The molecule has 20 heavy (non-hydrogen) atoms. The fourth-order valence-corrected chi connectivity index (χ4v) is 2.25. The van der Waals surface area contributed by atoms with Crippen molar-refractivity contribution in [2.24, 2.45) is 5.73 Å². The molecule has 0 saturated carbocycles. The second-order valence-corrected chi connectivity index (χ2v) is 4.57. The highest BCUT2D eigenvalue weighted by Crippen LogP contribution is 2.19. The lowest BCUT2D eigenvalue weighted by Crippen LogP contribution is -2.54. The number of nitrogens with zero attached hydrogens (tertiary/aromatic N) is 1. The molecule has 6 nitrogen and oxygen atoms in total. The maximum absolute atomic E-state index is 12.6. The Morgan fingerprint density at radius 2 is 2.20 bits per heavy atom. The van der Waals surface area contributed by atoms with Crippen LogP contribution in [-0.4, -0.2) is 49.1 Å². The summed E-state index contributed by atoms with van der Waals surface area (Å²) in [5, 5.41) is 3.15. The summed E-state index contributed by atoms with van der Waals surface area (Å²) in [7, 11) is 0. The van der Waals surface area contributed by atoms with Gasteiger partial charge in [0.25, 0.3) is 5.91 Å². The molecular formula is C14H19N3O3. The van der Waals surface area contributed by atoms with Gasteiger partial charge in [-0.25, -0.2) is 0 Å². The first-order chi connectivity index (χ1) is 9.65. The van der Waals surface area contributed by atoms with Crippen LogP contribution in [0.4, 0.5) is 5.69 Å². The van der Waals surface area contributed by atoms with Crippen molar-refractivity contribution >= 4 is 17.5 Å². The van der Waals surface area contributed by atoms with Crippen LogP contribution in [-0.2, 0) is 9.53 Å². The first kappa shape index (κ1) is 14.3. The van der Waals surface area contributed by atoms with Crippen molar-refractivity contribution in [1.82, 2.24) is 4.90 Å². The standard InChI is InChI=1S/C14H19N3O3/c1-2-16-11-6-4-3-5-10(11)14(19)17-7-8-20-9-12(17)13(15)18/h3-6,12,16H,2,7-9H2,1H3,(H2,15,18). The van der Waals surface area contributed by atoms with E-state index < -0.39 is 11.9 Å². The van der Waals surface area contributed by atoms with Gasteiger partial charge in [-0.3, -0.25) is 9.59 Å². The predicted molar refractivity (Wildman–Crippen MR) is 75.4 cm³/mol. The second-order valence-electron chi connectivity index (χ2n) is 4.57. The maximum atomic E-state index is 12.6. The van der Waals surface area contributed by atoms with E-state index in [4.69, 9.17) is 10.5 Å². The van der Waals surface area contributed by atoms with E-state index in [9.17, 15) is 9.59 Å². The minimum absolute atomic E-state index is 0.157. The van der Waals surface area contributed by atoms with Crippen LogP contribution in [0, 0.1) is 0 Å². The predicted octanol–water partition coefficient (Wildman–Crippen LogP) is 0.445. The molecule has 0 radical (unpaired) electrons.